The van der Waals surface area contributed by atoms with Crippen molar-refractivity contribution in [1.82, 2.24) is 4.90 Å². The van der Waals surface area contributed by atoms with Crippen LogP contribution in [0.2, 0.25) is 0 Å². The lowest BCUT2D eigenvalue weighted by Gasteiger charge is -2.26. The molecule has 0 amide bonds. The highest BCUT2D eigenvalue weighted by Crippen LogP contribution is 2.36. The second kappa shape index (κ2) is 3.80. The number of hydrogen-bond donors (Lipinski definition) is 1. The minimum atomic E-state index is 0.0998. The van der Waals surface area contributed by atoms with Crippen LogP contribution in [0.4, 0.5) is 0 Å². The highest BCUT2D eigenvalue weighted by atomic mass is 16.5. The van der Waals surface area contributed by atoms with E-state index in [0.29, 0.717) is 18.6 Å². The van der Waals surface area contributed by atoms with E-state index in [1.165, 1.54) is 0 Å². The van der Waals surface area contributed by atoms with E-state index in [1.807, 2.05) is 0 Å². The van der Waals surface area contributed by atoms with Crippen LogP contribution in [0.3, 0.4) is 0 Å². The number of nitrogens with zero attached hydrogens (tertiary/aromatic N) is 1. The Morgan fingerprint density at radius 1 is 1.57 bits per heavy atom. The Bertz CT molecular complexity index is 203. The first-order valence-electron chi connectivity index (χ1n) is 5.58. The SMILES string of the molecule is CC1CN(C2CCOC2)CC1(C)CO. The van der Waals surface area contributed by atoms with Crippen LogP contribution in [-0.4, -0.2) is 49.0 Å². The van der Waals surface area contributed by atoms with Crippen molar-refractivity contribution >= 4 is 0 Å². The van der Waals surface area contributed by atoms with Crippen molar-refractivity contribution in [3.05, 3.63) is 0 Å². The molecule has 0 saturated carbocycles. The van der Waals surface area contributed by atoms with Gasteiger partial charge in [-0.2, -0.15) is 0 Å². The Hall–Kier alpha value is -0.120. The van der Waals surface area contributed by atoms with Crippen molar-refractivity contribution in [2.24, 2.45) is 11.3 Å². The summed E-state index contributed by atoms with van der Waals surface area (Å²) in [5.41, 5.74) is 0.0998. The molecule has 0 aliphatic carbocycles. The maximum atomic E-state index is 9.40. The first-order valence-corrected chi connectivity index (χ1v) is 5.58. The molecule has 0 radical (unpaired) electrons. The third kappa shape index (κ3) is 1.69. The molecule has 0 aromatic heterocycles. The van der Waals surface area contributed by atoms with Crippen LogP contribution in [0, 0.1) is 11.3 Å². The van der Waals surface area contributed by atoms with E-state index in [9.17, 15) is 5.11 Å². The molecule has 2 aliphatic heterocycles. The van der Waals surface area contributed by atoms with Gasteiger partial charge in [-0.05, 0) is 12.3 Å². The smallest absolute Gasteiger partial charge is 0.0622 e. The fourth-order valence-corrected chi connectivity index (χ4v) is 2.55. The summed E-state index contributed by atoms with van der Waals surface area (Å²) in [6, 6.07) is 0.603. The summed E-state index contributed by atoms with van der Waals surface area (Å²) in [4.78, 5) is 2.49. The zero-order chi connectivity index (χ0) is 10.2. The molecule has 2 heterocycles. The molecule has 82 valence electrons. The summed E-state index contributed by atoms with van der Waals surface area (Å²) in [6.45, 7) is 8.67. The molecular weight excluding hydrogens is 178 g/mol. The lowest BCUT2D eigenvalue weighted by Crippen LogP contribution is -2.36. The lowest BCUT2D eigenvalue weighted by atomic mass is 9.82. The summed E-state index contributed by atoms with van der Waals surface area (Å²) in [6.07, 6.45) is 1.16. The number of likely N-dealkylation sites (tertiary alicyclic amines) is 1. The normalized spacial score (nSPS) is 44.8. The van der Waals surface area contributed by atoms with E-state index in [1.54, 1.807) is 0 Å². The summed E-state index contributed by atoms with van der Waals surface area (Å²) >= 11 is 0. The van der Waals surface area contributed by atoms with Crippen LogP contribution in [0.25, 0.3) is 0 Å². The summed E-state index contributed by atoms with van der Waals surface area (Å²) in [7, 11) is 0. The van der Waals surface area contributed by atoms with Crippen molar-refractivity contribution in [3.63, 3.8) is 0 Å². The molecule has 3 nitrogen and oxygen atoms in total. The second-order valence-corrected chi connectivity index (χ2v) is 5.16. The lowest BCUT2D eigenvalue weighted by molar-refractivity contribution is 0.108. The predicted molar refractivity (Wildman–Crippen MR) is 55.2 cm³/mol. The molecule has 2 saturated heterocycles. The van der Waals surface area contributed by atoms with Crippen LogP contribution in [0.15, 0.2) is 0 Å². The Balaban J connectivity index is 1.98. The number of aliphatic hydroxyl groups excluding tert-OH is 1. The fraction of sp³-hybridized carbons (Fsp3) is 1.00. The quantitative estimate of drug-likeness (QED) is 0.711. The van der Waals surface area contributed by atoms with Gasteiger partial charge < -0.3 is 9.84 Å². The molecule has 0 aromatic rings. The van der Waals surface area contributed by atoms with E-state index in [0.717, 1.165) is 32.7 Å². The molecule has 2 rings (SSSR count). The maximum absolute atomic E-state index is 9.40. The molecule has 1 N–H and O–H groups in total. The van der Waals surface area contributed by atoms with Crippen molar-refractivity contribution in [1.29, 1.82) is 0 Å². The van der Waals surface area contributed by atoms with Gasteiger partial charge in [-0.3, -0.25) is 4.90 Å². The molecule has 3 heteroatoms. The minimum Gasteiger partial charge on any atom is -0.396 e. The van der Waals surface area contributed by atoms with Crippen LogP contribution in [0.5, 0.6) is 0 Å². The number of hydrogen-bond acceptors (Lipinski definition) is 3. The summed E-state index contributed by atoms with van der Waals surface area (Å²) in [5, 5.41) is 9.40. The third-order valence-corrected chi connectivity index (χ3v) is 4.05. The molecule has 2 fully saturated rings. The largest absolute Gasteiger partial charge is 0.396 e. The molecule has 3 unspecified atom stereocenters. The van der Waals surface area contributed by atoms with Gasteiger partial charge in [-0.15, -0.1) is 0 Å². The number of aliphatic hydroxyl groups is 1. The first-order chi connectivity index (χ1) is 6.65. The van der Waals surface area contributed by atoms with E-state index < -0.39 is 0 Å². The Morgan fingerprint density at radius 3 is 2.86 bits per heavy atom. The van der Waals surface area contributed by atoms with Crippen molar-refractivity contribution in [3.8, 4) is 0 Å². The van der Waals surface area contributed by atoms with Crippen LogP contribution >= 0.6 is 0 Å². The molecule has 0 bridgehead atoms. The van der Waals surface area contributed by atoms with Gasteiger partial charge in [0.05, 0.1) is 6.61 Å². The van der Waals surface area contributed by atoms with Crippen molar-refractivity contribution in [2.75, 3.05) is 32.9 Å². The van der Waals surface area contributed by atoms with Gasteiger partial charge in [-0.25, -0.2) is 0 Å². The average molecular weight is 199 g/mol. The number of rotatable bonds is 2. The molecular formula is C11H21NO2. The van der Waals surface area contributed by atoms with E-state index >= 15 is 0 Å². The monoisotopic (exact) mass is 199 g/mol. The van der Waals surface area contributed by atoms with Crippen molar-refractivity contribution in [2.45, 2.75) is 26.3 Å². The average Bonchev–Trinajstić information content (AvgIpc) is 2.76. The summed E-state index contributed by atoms with van der Waals surface area (Å²) < 4.78 is 5.40. The van der Waals surface area contributed by atoms with Gasteiger partial charge in [0, 0.05) is 37.8 Å². The molecule has 2 aliphatic rings. The number of ether oxygens (including phenoxy) is 1. The molecule has 3 atom stereocenters. The topological polar surface area (TPSA) is 32.7 Å². The van der Waals surface area contributed by atoms with Crippen LogP contribution in [-0.2, 0) is 4.74 Å². The van der Waals surface area contributed by atoms with Gasteiger partial charge >= 0.3 is 0 Å². The Kier molecular flexibility index (Phi) is 2.82. The standard InChI is InChI=1S/C11H21NO2/c1-9-5-12(7-11(9,2)8-13)10-3-4-14-6-10/h9-10,13H,3-8H2,1-2H3. The zero-order valence-electron chi connectivity index (χ0n) is 9.20. The molecule has 14 heavy (non-hydrogen) atoms. The van der Waals surface area contributed by atoms with Crippen LogP contribution < -0.4 is 0 Å². The minimum absolute atomic E-state index is 0.0998. The Labute approximate surface area is 86.0 Å². The van der Waals surface area contributed by atoms with Gasteiger partial charge in [0.25, 0.3) is 0 Å². The molecule has 0 spiro atoms. The maximum Gasteiger partial charge on any atom is 0.0622 e. The zero-order valence-corrected chi connectivity index (χ0v) is 9.20. The fourth-order valence-electron chi connectivity index (χ4n) is 2.55. The van der Waals surface area contributed by atoms with E-state index in [4.69, 9.17) is 4.74 Å². The van der Waals surface area contributed by atoms with E-state index in [2.05, 4.69) is 18.7 Å². The molecule has 0 aromatic carbocycles. The van der Waals surface area contributed by atoms with Gasteiger partial charge in [-0.1, -0.05) is 13.8 Å². The highest BCUT2D eigenvalue weighted by molar-refractivity contribution is 4.94. The van der Waals surface area contributed by atoms with Gasteiger partial charge in [0.1, 0.15) is 0 Å². The second-order valence-electron chi connectivity index (χ2n) is 5.16. The van der Waals surface area contributed by atoms with Crippen molar-refractivity contribution < 1.29 is 9.84 Å². The third-order valence-electron chi connectivity index (χ3n) is 4.05. The van der Waals surface area contributed by atoms with Gasteiger partial charge in [0.15, 0.2) is 0 Å². The Morgan fingerprint density at radius 2 is 2.36 bits per heavy atom. The predicted octanol–water partition coefficient (Wildman–Crippen LogP) is 0.726. The highest BCUT2D eigenvalue weighted by Gasteiger charge is 2.42. The van der Waals surface area contributed by atoms with Crippen LogP contribution in [0.1, 0.15) is 20.3 Å². The van der Waals surface area contributed by atoms with Gasteiger partial charge in [0.2, 0.25) is 0 Å². The van der Waals surface area contributed by atoms with E-state index in [-0.39, 0.29) is 5.41 Å². The summed E-state index contributed by atoms with van der Waals surface area (Å²) in [5.74, 6) is 0.591. The first kappa shape index (κ1) is 10.4.